The van der Waals surface area contributed by atoms with Crippen LogP contribution in [0.1, 0.15) is 12.5 Å². The Morgan fingerprint density at radius 3 is 1.77 bits per heavy atom. The molecular weight excluding hydrogens is 392 g/mol. The highest BCUT2D eigenvalue weighted by Crippen LogP contribution is 2.25. The molecule has 3 aromatic carbocycles. The molecule has 0 aliphatic carbocycles. The number of ether oxygens (including phenoxy) is 3. The summed E-state index contributed by atoms with van der Waals surface area (Å²) in [6.07, 6.45) is 1.12. The molecule has 156 valence electrons. The summed E-state index contributed by atoms with van der Waals surface area (Å²) in [5.41, 5.74) is 3.30. The molecule has 0 saturated carbocycles. The van der Waals surface area contributed by atoms with E-state index in [9.17, 15) is 9.59 Å². The summed E-state index contributed by atoms with van der Waals surface area (Å²) in [6, 6.07) is 22.1. The van der Waals surface area contributed by atoms with Crippen LogP contribution in [0, 0.1) is 0 Å². The van der Waals surface area contributed by atoms with Crippen molar-refractivity contribution in [2.45, 2.75) is 13.5 Å². The lowest BCUT2D eigenvalue weighted by Crippen LogP contribution is -2.07. The zero-order chi connectivity index (χ0) is 22.2. The van der Waals surface area contributed by atoms with E-state index >= 15 is 0 Å². The molecular formula is C26H22O5. The van der Waals surface area contributed by atoms with E-state index in [2.05, 4.69) is 13.2 Å². The zero-order valence-electron chi connectivity index (χ0n) is 17.2. The molecule has 0 spiro atoms. The summed E-state index contributed by atoms with van der Waals surface area (Å²) in [6.45, 7) is 8.93. The largest absolute Gasteiger partial charge is 0.489 e. The third kappa shape index (κ3) is 6.18. The van der Waals surface area contributed by atoms with Crippen molar-refractivity contribution in [1.29, 1.82) is 0 Å². The second-order valence-corrected chi connectivity index (χ2v) is 6.78. The minimum atomic E-state index is -0.494. The average molecular weight is 414 g/mol. The number of carbonyl (C=O) groups excluding carboxylic acids is 2. The van der Waals surface area contributed by atoms with E-state index in [1.54, 1.807) is 31.2 Å². The molecule has 0 aliphatic heterocycles. The fourth-order valence-electron chi connectivity index (χ4n) is 2.63. The first-order chi connectivity index (χ1) is 14.9. The molecule has 0 heterocycles. The predicted molar refractivity (Wildman–Crippen MR) is 119 cm³/mol. The van der Waals surface area contributed by atoms with E-state index in [1.807, 2.05) is 48.5 Å². The van der Waals surface area contributed by atoms with Crippen LogP contribution in [-0.4, -0.2) is 11.9 Å². The molecule has 0 saturated heterocycles. The van der Waals surface area contributed by atoms with Gasteiger partial charge >= 0.3 is 11.9 Å². The van der Waals surface area contributed by atoms with Gasteiger partial charge in [-0.3, -0.25) is 0 Å². The fraction of sp³-hybridized carbons (Fsp3) is 0.0769. The number of esters is 2. The van der Waals surface area contributed by atoms with Crippen molar-refractivity contribution in [2.24, 2.45) is 0 Å². The van der Waals surface area contributed by atoms with Gasteiger partial charge in [0.25, 0.3) is 0 Å². The molecule has 0 unspecified atom stereocenters. The van der Waals surface area contributed by atoms with Crippen LogP contribution in [0.4, 0.5) is 0 Å². The Morgan fingerprint density at radius 1 is 0.774 bits per heavy atom. The van der Waals surface area contributed by atoms with Crippen molar-refractivity contribution in [3.05, 3.63) is 103 Å². The Hall–Kier alpha value is -4.12. The number of hydrogen-bond acceptors (Lipinski definition) is 5. The number of rotatable bonds is 8. The normalized spacial score (nSPS) is 10.1. The van der Waals surface area contributed by atoms with Gasteiger partial charge in [0.15, 0.2) is 0 Å². The summed E-state index contributed by atoms with van der Waals surface area (Å²) in [5, 5.41) is 0. The van der Waals surface area contributed by atoms with Gasteiger partial charge in [-0.15, -0.1) is 0 Å². The van der Waals surface area contributed by atoms with E-state index in [0.717, 1.165) is 28.5 Å². The maximum atomic E-state index is 11.6. The van der Waals surface area contributed by atoms with Gasteiger partial charge < -0.3 is 14.2 Å². The van der Waals surface area contributed by atoms with Gasteiger partial charge in [0.05, 0.1) is 0 Å². The first-order valence-corrected chi connectivity index (χ1v) is 9.59. The van der Waals surface area contributed by atoms with Crippen LogP contribution in [0.15, 0.2) is 97.6 Å². The molecule has 0 radical (unpaired) electrons. The standard InChI is InChI=1S/C26H22O5/c1-4-25(27)30-23-11-5-19(6-12-23)17-29-22-13-7-20(8-14-22)21-9-15-24(16-10-21)31-26(28)18(2)3/h4-16H,1-2,17H2,3H3. The van der Waals surface area contributed by atoms with Gasteiger partial charge in [0.1, 0.15) is 23.9 Å². The van der Waals surface area contributed by atoms with Crippen molar-refractivity contribution >= 4 is 11.9 Å². The first kappa shape index (κ1) is 21.6. The Morgan fingerprint density at radius 2 is 1.26 bits per heavy atom. The smallest absolute Gasteiger partial charge is 0.338 e. The fourth-order valence-corrected chi connectivity index (χ4v) is 2.63. The Labute approximate surface area is 181 Å². The minimum absolute atomic E-state index is 0.353. The van der Waals surface area contributed by atoms with Gasteiger partial charge in [0, 0.05) is 11.6 Å². The third-order valence-electron chi connectivity index (χ3n) is 4.31. The van der Waals surface area contributed by atoms with E-state index in [0.29, 0.717) is 23.7 Å². The molecule has 0 aliphatic rings. The molecule has 3 aromatic rings. The van der Waals surface area contributed by atoms with E-state index in [-0.39, 0.29) is 0 Å². The predicted octanol–water partition coefficient (Wildman–Crippen LogP) is 5.51. The van der Waals surface area contributed by atoms with Crippen LogP contribution >= 0.6 is 0 Å². The van der Waals surface area contributed by atoms with Gasteiger partial charge in [-0.2, -0.15) is 0 Å². The molecule has 5 heteroatoms. The summed E-state index contributed by atoms with van der Waals surface area (Å²) >= 11 is 0. The lowest BCUT2D eigenvalue weighted by molar-refractivity contribution is -0.130. The van der Waals surface area contributed by atoms with Gasteiger partial charge in [-0.1, -0.05) is 49.6 Å². The van der Waals surface area contributed by atoms with Crippen LogP contribution < -0.4 is 14.2 Å². The van der Waals surface area contributed by atoms with Gasteiger partial charge in [-0.25, -0.2) is 9.59 Å². The van der Waals surface area contributed by atoms with E-state index in [4.69, 9.17) is 14.2 Å². The Balaban J connectivity index is 1.56. The van der Waals surface area contributed by atoms with Crippen molar-refractivity contribution in [1.82, 2.24) is 0 Å². The van der Waals surface area contributed by atoms with E-state index < -0.39 is 11.9 Å². The van der Waals surface area contributed by atoms with E-state index in [1.165, 1.54) is 0 Å². The second-order valence-electron chi connectivity index (χ2n) is 6.78. The van der Waals surface area contributed by atoms with Crippen LogP contribution in [0.2, 0.25) is 0 Å². The maximum absolute atomic E-state index is 11.6. The van der Waals surface area contributed by atoms with Crippen LogP contribution in [-0.2, 0) is 16.2 Å². The Kier molecular flexibility index (Phi) is 7.01. The van der Waals surface area contributed by atoms with Gasteiger partial charge in [0.2, 0.25) is 0 Å². The van der Waals surface area contributed by atoms with Crippen LogP contribution in [0.5, 0.6) is 17.2 Å². The average Bonchev–Trinajstić information content (AvgIpc) is 2.79. The highest BCUT2D eigenvalue weighted by atomic mass is 16.5. The quantitative estimate of drug-likeness (QED) is 0.276. The molecule has 0 atom stereocenters. The van der Waals surface area contributed by atoms with Gasteiger partial charge in [-0.05, 0) is 60.0 Å². The van der Waals surface area contributed by atoms with Crippen molar-refractivity contribution in [2.75, 3.05) is 0 Å². The lowest BCUT2D eigenvalue weighted by atomic mass is 10.1. The highest BCUT2D eigenvalue weighted by Gasteiger charge is 2.06. The molecule has 3 rings (SSSR count). The molecule has 31 heavy (non-hydrogen) atoms. The SMILES string of the molecule is C=CC(=O)Oc1ccc(COc2ccc(-c3ccc(OC(=O)C(=C)C)cc3)cc2)cc1. The number of carbonyl (C=O) groups is 2. The lowest BCUT2D eigenvalue weighted by Gasteiger charge is -2.09. The zero-order valence-corrected chi connectivity index (χ0v) is 17.2. The molecule has 0 amide bonds. The van der Waals surface area contributed by atoms with Crippen LogP contribution in [0.25, 0.3) is 11.1 Å². The first-order valence-electron chi connectivity index (χ1n) is 9.59. The van der Waals surface area contributed by atoms with Crippen LogP contribution in [0.3, 0.4) is 0 Å². The van der Waals surface area contributed by atoms with Crippen molar-refractivity contribution < 1.29 is 23.8 Å². The third-order valence-corrected chi connectivity index (χ3v) is 4.31. The van der Waals surface area contributed by atoms with Crippen molar-refractivity contribution in [3.8, 4) is 28.4 Å². The summed E-state index contributed by atoms with van der Waals surface area (Å²) < 4.78 is 16.1. The molecule has 0 N–H and O–H groups in total. The maximum Gasteiger partial charge on any atom is 0.338 e. The number of hydrogen-bond donors (Lipinski definition) is 0. The second kappa shape index (κ2) is 10.1. The van der Waals surface area contributed by atoms with Crippen molar-refractivity contribution in [3.63, 3.8) is 0 Å². The monoisotopic (exact) mass is 414 g/mol. The summed E-state index contributed by atoms with van der Waals surface area (Å²) in [7, 11) is 0. The highest BCUT2D eigenvalue weighted by molar-refractivity contribution is 5.88. The Bertz CT molecular complexity index is 1080. The molecule has 0 bridgehead atoms. The number of benzene rings is 3. The molecule has 0 fully saturated rings. The molecule has 5 nitrogen and oxygen atoms in total. The topological polar surface area (TPSA) is 61.8 Å². The minimum Gasteiger partial charge on any atom is -0.489 e. The summed E-state index contributed by atoms with van der Waals surface area (Å²) in [5.74, 6) is 0.728. The molecule has 0 aromatic heterocycles. The summed E-state index contributed by atoms with van der Waals surface area (Å²) in [4.78, 5) is 22.8.